The summed E-state index contributed by atoms with van der Waals surface area (Å²) in [4.78, 5) is 27.1. The number of nitrogens with one attached hydrogen (secondary N) is 2. The van der Waals surface area contributed by atoms with E-state index in [-0.39, 0.29) is 11.0 Å². The standard InChI is InChI=1S/C8H6N2O3/c11-5-1-2-9-6-4(8(12)13)3-10-7(5)6/h1-3,10H,(H,9,11)(H,12,13). The van der Waals surface area contributed by atoms with E-state index in [1.165, 1.54) is 18.5 Å². The van der Waals surface area contributed by atoms with Gasteiger partial charge in [-0.15, -0.1) is 0 Å². The Balaban J connectivity index is 2.91. The second-order valence-corrected chi connectivity index (χ2v) is 2.60. The van der Waals surface area contributed by atoms with Crippen molar-refractivity contribution in [3.63, 3.8) is 0 Å². The number of carboxylic acids is 1. The lowest BCUT2D eigenvalue weighted by atomic mass is 10.3. The van der Waals surface area contributed by atoms with E-state index in [4.69, 9.17) is 5.11 Å². The number of aromatic amines is 2. The molecule has 0 aromatic carbocycles. The monoisotopic (exact) mass is 178 g/mol. The number of aromatic nitrogens is 2. The number of fused-ring (bicyclic) bond motifs is 1. The van der Waals surface area contributed by atoms with Crippen LogP contribution in [0.5, 0.6) is 0 Å². The minimum Gasteiger partial charge on any atom is -0.478 e. The van der Waals surface area contributed by atoms with Crippen LogP contribution in [0.4, 0.5) is 0 Å². The maximum atomic E-state index is 11.2. The van der Waals surface area contributed by atoms with Gasteiger partial charge in [-0.05, 0) is 0 Å². The molecular weight excluding hydrogens is 172 g/mol. The van der Waals surface area contributed by atoms with Gasteiger partial charge in [0.15, 0.2) is 0 Å². The third-order valence-electron chi connectivity index (χ3n) is 1.82. The summed E-state index contributed by atoms with van der Waals surface area (Å²) in [5.74, 6) is -1.06. The molecule has 0 fully saturated rings. The zero-order valence-electron chi connectivity index (χ0n) is 6.50. The van der Waals surface area contributed by atoms with Crippen LogP contribution in [-0.4, -0.2) is 21.0 Å². The van der Waals surface area contributed by atoms with Crippen molar-refractivity contribution < 1.29 is 9.90 Å². The van der Waals surface area contributed by atoms with Crippen LogP contribution in [0.3, 0.4) is 0 Å². The van der Waals surface area contributed by atoms with E-state index >= 15 is 0 Å². The number of hydrogen-bond donors (Lipinski definition) is 3. The highest BCUT2D eigenvalue weighted by Gasteiger charge is 2.11. The number of H-pyrrole nitrogens is 2. The molecule has 0 amide bonds. The molecule has 66 valence electrons. The average Bonchev–Trinajstić information content (AvgIpc) is 2.48. The Morgan fingerprint density at radius 2 is 2.08 bits per heavy atom. The predicted molar refractivity (Wildman–Crippen MR) is 45.9 cm³/mol. The third kappa shape index (κ3) is 1.01. The molecule has 0 aliphatic carbocycles. The SMILES string of the molecule is O=C(O)c1c[nH]c2c(=O)cc[nH]c12. The van der Waals surface area contributed by atoms with Crippen molar-refractivity contribution >= 4 is 17.0 Å². The third-order valence-corrected chi connectivity index (χ3v) is 1.82. The van der Waals surface area contributed by atoms with Gasteiger partial charge in [0.25, 0.3) is 0 Å². The zero-order valence-corrected chi connectivity index (χ0v) is 6.50. The fourth-order valence-electron chi connectivity index (χ4n) is 1.22. The van der Waals surface area contributed by atoms with E-state index in [2.05, 4.69) is 9.97 Å². The molecule has 0 bridgehead atoms. The summed E-state index contributed by atoms with van der Waals surface area (Å²) in [7, 11) is 0. The Kier molecular flexibility index (Phi) is 1.45. The maximum Gasteiger partial charge on any atom is 0.339 e. The maximum absolute atomic E-state index is 11.2. The van der Waals surface area contributed by atoms with Crippen molar-refractivity contribution in [2.24, 2.45) is 0 Å². The van der Waals surface area contributed by atoms with Crippen molar-refractivity contribution in [1.82, 2.24) is 9.97 Å². The summed E-state index contributed by atoms with van der Waals surface area (Å²) in [6.45, 7) is 0. The number of aromatic carboxylic acids is 1. The number of pyridine rings is 1. The van der Waals surface area contributed by atoms with Crippen molar-refractivity contribution in [2.45, 2.75) is 0 Å². The molecular formula is C8H6N2O3. The molecule has 5 nitrogen and oxygen atoms in total. The first-order valence-electron chi connectivity index (χ1n) is 3.62. The van der Waals surface area contributed by atoms with Gasteiger partial charge in [-0.1, -0.05) is 0 Å². The fourth-order valence-corrected chi connectivity index (χ4v) is 1.22. The lowest BCUT2D eigenvalue weighted by Crippen LogP contribution is -2.01. The van der Waals surface area contributed by atoms with E-state index < -0.39 is 5.97 Å². The highest BCUT2D eigenvalue weighted by molar-refractivity contribution is 6.00. The Labute approximate surface area is 72.0 Å². The zero-order chi connectivity index (χ0) is 9.42. The molecule has 0 saturated heterocycles. The second-order valence-electron chi connectivity index (χ2n) is 2.60. The Morgan fingerprint density at radius 3 is 2.77 bits per heavy atom. The molecule has 2 aromatic rings. The molecule has 13 heavy (non-hydrogen) atoms. The van der Waals surface area contributed by atoms with Gasteiger partial charge in [-0.3, -0.25) is 4.79 Å². The first-order valence-corrected chi connectivity index (χ1v) is 3.62. The summed E-state index contributed by atoms with van der Waals surface area (Å²) in [6.07, 6.45) is 2.72. The highest BCUT2D eigenvalue weighted by atomic mass is 16.4. The molecule has 0 radical (unpaired) electrons. The van der Waals surface area contributed by atoms with Gasteiger partial charge in [0.1, 0.15) is 11.1 Å². The van der Waals surface area contributed by atoms with E-state index in [0.29, 0.717) is 11.0 Å². The summed E-state index contributed by atoms with van der Waals surface area (Å²) in [5.41, 5.74) is 0.480. The smallest absolute Gasteiger partial charge is 0.339 e. The number of carbonyl (C=O) groups is 1. The lowest BCUT2D eigenvalue weighted by Gasteiger charge is -1.90. The molecule has 0 unspecified atom stereocenters. The molecule has 3 N–H and O–H groups in total. The molecule has 0 atom stereocenters. The Morgan fingerprint density at radius 1 is 1.31 bits per heavy atom. The summed E-state index contributed by atoms with van der Waals surface area (Å²) < 4.78 is 0. The molecule has 5 heteroatoms. The van der Waals surface area contributed by atoms with Crippen LogP contribution in [-0.2, 0) is 0 Å². The first kappa shape index (κ1) is 7.60. The van der Waals surface area contributed by atoms with Gasteiger partial charge in [0.05, 0.1) is 5.52 Å². The minimum atomic E-state index is -1.06. The quantitative estimate of drug-likeness (QED) is 0.596. The van der Waals surface area contributed by atoms with Crippen molar-refractivity contribution in [3.8, 4) is 0 Å². The second kappa shape index (κ2) is 2.48. The molecule has 0 saturated carbocycles. The van der Waals surface area contributed by atoms with Crippen LogP contribution < -0.4 is 5.43 Å². The summed E-state index contributed by atoms with van der Waals surface area (Å²) in [6, 6.07) is 1.34. The van der Waals surface area contributed by atoms with Gasteiger partial charge in [0.2, 0.25) is 5.43 Å². The average molecular weight is 178 g/mol. The molecule has 0 aliphatic rings. The molecule has 2 aromatic heterocycles. The van der Waals surface area contributed by atoms with Crippen molar-refractivity contribution in [1.29, 1.82) is 0 Å². The molecule has 0 spiro atoms. The van der Waals surface area contributed by atoms with Gasteiger partial charge in [0, 0.05) is 18.5 Å². The van der Waals surface area contributed by atoms with Gasteiger partial charge in [-0.2, -0.15) is 0 Å². The van der Waals surface area contributed by atoms with E-state index in [1.54, 1.807) is 0 Å². The minimum absolute atomic E-state index is 0.0766. The van der Waals surface area contributed by atoms with Crippen LogP contribution in [0.1, 0.15) is 10.4 Å². The van der Waals surface area contributed by atoms with Crippen LogP contribution in [0.2, 0.25) is 0 Å². The van der Waals surface area contributed by atoms with E-state index in [1.807, 2.05) is 0 Å². The highest BCUT2D eigenvalue weighted by Crippen LogP contribution is 2.10. The first-order chi connectivity index (χ1) is 6.20. The largest absolute Gasteiger partial charge is 0.478 e. The van der Waals surface area contributed by atoms with E-state index in [0.717, 1.165) is 0 Å². The number of rotatable bonds is 1. The van der Waals surface area contributed by atoms with Gasteiger partial charge in [-0.25, -0.2) is 4.79 Å². The number of hydrogen-bond acceptors (Lipinski definition) is 2. The number of carboxylic acid groups (broad SMARTS) is 1. The van der Waals surface area contributed by atoms with Gasteiger partial charge >= 0.3 is 5.97 Å². The van der Waals surface area contributed by atoms with Crippen molar-refractivity contribution in [2.75, 3.05) is 0 Å². The van der Waals surface area contributed by atoms with Crippen LogP contribution >= 0.6 is 0 Å². The summed E-state index contributed by atoms with van der Waals surface area (Å²) in [5, 5.41) is 8.72. The normalized spacial score (nSPS) is 10.5. The fraction of sp³-hybridized carbons (Fsp3) is 0. The summed E-state index contributed by atoms with van der Waals surface area (Å²) >= 11 is 0. The topological polar surface area (TPSA) is 85.9 Å². The van der Waals surface area contributed by atoms with E-state index in [9.17, 15) is 9.59 Å². The van der Waals surface area contributed by atoms with Crippen LogP contribution in [0.15, 0.2) is 23.3 Å². The van der Waals surface area contributed by atoms with Crippen LogP contribution in [0.25, 0.3) is 11.0 Å². The molecule has 0 aliphatic heterocycles. The Hall–Kier alpha value is -2.04. The van der Waals surface area contributed by atoms with Crippen LogP contribution in [0, 0.1) is 0 Å². The van der Waals surface area contributed by atoms with Crippen molar-refractivity contribution in [3.05, 3.63) is 34.2 Å². The Bertz CT molecular complexity index is 523. The lowest BCUT2D eigenvalue weighted by molar-refractivity contribution is 0.0699. The molecule has 2 rings (SSSR count). The predicted octanol–water partition coefficient (Wildman–Crippen LogP) is 0.554. The molecule has 2 heterocycles. The van der Waals surface area contributed by atoms with Gasteiger partial charge < -0.3 is 15.1 Å².